The maximum atomic E-state index is 11.1. The van der Waals surface area contributed by atoms with Crippen LogP contribution in [-0.4, -0.2) is 49.6 Å². The number of benzene rings is 1. The Hall–Kier alpha value is -1.92. The molecular weight excluding hydrogens is 316 g/mol. The summed E-state index contributed by atoms with van der Waals surface area (Å²) >= 11 is 0. The Morgan fingerprint density at radius 3 is 2.92 bits per heavy atom. The van der Waals surface area contributed by atoms with Crippen LogP contribution in [0.1, 0.15) is 37.1 Å². The number of rotatable bonds is 6. The molecule has 4 rings (SSSR count). The van der Waals surface area contributed by atoms with Gasteiger partial charge in [-0.2, -0.15) is 0 Å². The molecule has 2 heterocycles. The molecule has 0 amide bonds. The Labute approximate surface area is 148 Å². The molecule has 1 saturated carbocycles. The average Bonchev–Trinajstić information content (AvgIpc) is 3.32. The number of ether oxygens (including phenoxy) is 1. The number of hydrogen-bond donors (Lipinski definition) is 1. The summed E-state index contributed by atoms with van der Waals surface area (Å²) in [5.74, 6) is 1.83. The summed E-state index contributed by atoms with van der Waals surface area (Å²) in [7, 11) is 1.92. The lowest BCUT2D eigenvalue weighted by atomic mass is 9.89. The highest BCUT2D eigenvalue weighted by molar-refractivity contribution is 5.33. The SMILES string of the molecule is Cn1cnnc1CC1(O)CCCN(Cc2ccccc2OC2CC2)C1. The third-order valence-electron chi connectivity index (χ3n) is 5.11. The lowest BCUT2D eigenvalue weighted by Gasteiger charge is -2.39. The molecule has 0 bridgehead atoms. The van der Waals surface area contributed by atoms with E-state index >= 15 is 0 Å². The largest absolute Gasteiger partial charge is 0.490 e. The van der Waals surface area contributed by atoms with Gasteiger partial charge < -0.3 is 14.4 Å². The van der Waals surface area contributed by atoms with Crippen LogP contribution in [0, 0.1) is 0 Å². The molecule has 1 atom stereocenters. The molecule has 1 unspecified atom stereocenters. The number of piperidine rings is 1. The fraction of sp³-hybridized carbons (Fsp3) is 0.579. The normalized spacial score (nSPS) is 24.4. The Bertz CT molecular complexity index is 728. The van der Waals surface area contributed by atoms with E-state index in [1.165, 1.54) is 5.56 Å². The van der Waals surface area contributed by atoms with Crippen LogP contribution in [0.5, 0.6) is 5.75 Å². The zero-order valence-corrected chi connectivity index (χ0v) is 14.8. The molecule has 6 nitrogen and oxygen atoms in total. The van der Waals surface area contributed by atoms with E-state index < -0.39 is 5.60 Å². The highest BCUT2D eigenvalue weighted by Gasteiger charge is 2.35. The summed E-state index contributed by atoms with van der Waals surface area (Å²) in [6, 6.07) is 8.28. The first-order chi connectivity index (χ1) is 12.1. The van der Waals surface area contributed by atoms with Crippen LogP contribution < -0.4 is 4.74 Å². The minimum atomic E-state index is -0.745. The number of nitrogens with zero attached hydrogens (tertiary/aromatic N) is 4. The van der Waals surface area contributed by atoms with Gasteiger partial charge in [-0.05, 0) is 38.3 Å². The van der Waals surface area contributed by atoms with Crippen LogP contribution in [0.15, 0.2) is 30.6 Å². The first-order valence-electron chi connectivity index (χ1n) is 9.13. The predicted molar refractivity (Wildman–Crippen MR) is 94.3 cm³/mol. The van der Waals surface area contributed by atoms with Crippen molar-refractivity contribution in [1.29, 1.82) is 0 Å². The third kappa shape index (κ3) is 4.02. The Balaban J connectivity index is 1.44. The van der Waals surface area contributed by atoms with Gasteiger partial charge in [0.2, 0.25) is 0 Å². The second-order valence-corrected chi connectivity index (χ2v) is 7.50. The van der Waals surface area contributed by atoms with Crippen LogP contribution in [0.25, 0.3) is 0 Å². The summed E-state index contributed by atoms with van der Waals surface area (Å²) in [6.07, 6.45) is 6.74. The number of hydrogen-bond acceptors (Lipinski definition) is 5. The van der Waals surface area contributed by atoms with E-state index in [4.69, 9.17) is 4.74 Å². The molecule has 25 heavy (non-hydrogen) atoms. The van der Waals surface area contributed by atoms with Crippen molar-refractivity contribution in [3.05, 3.63) is 42.0 Å². The summed E-state index contributed by atoms with van der Waals surface area (Å²) in [4.78, 5) is 2.33. The van der Waals surface area contributed by atoms with Gasteiger partial charge in [0.1, 0.15) is 17.9 Å². The van der Waals surface area contributed by atoms with Crippen molar-refractivity contribution >= 4 is 0 Å². The topological polar surface area (TPSA) is 63.4 Å². The van der Waals surface area contributed by atoms with Crippen LogP contribution in [-0.2, 0) is 20.0 Å². The van der Waals surface area contributed by atoms with Gasteiger partial charge in [0, 0.05) is 32.1 Å². The maximum absolute atomic E-state index is 11.1. The molecule has 2 aliphatic rings. The van der Waals surface area contributed by atoms with E-state index in [0.29, 0.717) is 19.1 Å². The molecule has 6 heteroatoms. The summed E-state index contributed by atoms with van der Waals surface area (Å²) < 4.78 is 7.92. The Morgan fingerprint density at radius 1 is 1.32 bits per heavy atom. The van der Waals surface area contributed by atoms with Gasteiger partial charge in [-0.1, -0.05) is 18.2 Å². The van der Waals surface area contributed by atoms with Gasteiger partial charge in [-0.25, -0.2) is 0 Å². The van der Waals surface area contributed by atoms with Crippen molar-refractivity contribution in [2.24, 2.45) is 7.05 Å². The Morgan fingerprint density at radius 2 is 2.16 bits per heavy atom. The van der Waals surface area contributed by atoms with Crippen molar-refractivity contribution in [2.45, 2.75) is 50.4 Å². The zero-order valence-electron chi connectivity index (χ0n) is 14.8. The monoisotopic (exact) mass is 342 g/mol. The summed E-state index contributed by atoms with van der Waals surface area (Å²) in [5.41, 5.74) is 0.461. The molecule has 0 radical (unpaired) electrons. The minimum Gasteiger partial charge on any atom is -0.490 e. The van der Waals surface area contributed by atoms with Gasteiger partial charge in [-0.3, -0.25) is 4.90 Å². The fourth-order valence-corrected chi connectivity index (χ4v) is 3.60. The van der Waals surface area contributed by atoms with Gasteiger partial charge in [0.15, 0.2) is 0 Å². The lowest BCUT2D eigenvalue weighted by Crippen LogP contribution is -2.49. The van der Waals surface area contributed by atoms with Gasteiger partial charge in [0.05, 0.1) is 11.7 Å². The molecule has 1 saturated heterocycles. The first kappa shape index (κ1) is 16.5. The van der Waals surface area contributed by atoms with Gasteiger partial charge in [0.25, 0.3) is 0 Å². The van der Waals surface area contributed by atoms with E-state index in [0.717, 1.165) is 50.3 Å². The average molecular weight is 342 g/mol. The van der Waals surface area contributed by atoms with Crippen molar-refractivity contribution in [3.8, 4) is 5.75 Å². The van der Waals surface area contributed by atoms with Crippen LogP contribution >= 0.6 is 0 Å². The zero-order chi connectivity index (χ0) is 17.3. The molecule has 134 valence electrons. The minimum absolute atomic E-state index is 0.398. The van der Waals surface area contributed by atoms with Crippen LogP contribution in [0.2, 0.25) is 0 Å². The van der Waals surface area contributed by atoms with Gasteiger partial charge >= 0.3 is 0 Å². The van der Waals surface area contributed by atoms with Crippen LogP contribution in [0.4, 0.5) is 0 Å². The molecule has 1 aliphatic heterocycles. The Kier molecular flexibility index (Phi) is 4.48. The standard InChI is InChI=1S/C19H26N4O2/c1-22-14-20-21-18(22)11-19(24)9-4-10-23(13-19)12-15-5-2-3-6-17(15)25-16-7-8-16/h2-3,5-6,14,16,24H,4,7-13H2,1H3. The second kappa shape index (κ2) is 6.77. The summed E-state index contributed by atoms with van der Waals surface area (Å²) in [5, 5.41) is 19.1. The molecule has 0 spiro atoms. The van der Waals surface area contributed by atoms with Crippen molar-refractivity contribution in [1.82, 2.24) is 19.7 Å². The molecule has 2 aromatic rings. The highest BCUT2D eigenvalue weighted by atomic mass is 16.5. The van der Waals surface area contributed by atoms with Crippen molar-refractivity contribution in [2.75, 3.05) is 13.1 Å². The van der Waals surface area contributed by atoms with E-state index in [2.05, 4.69) is 33.3 Å². The van der Waals surface area contributed by atoms with E-state index in [1.54, 1.807) is 6.33 Å². The lowest BCUT2D eigenvalue weighted by molar-refractivity contribution is -0.0346. The maximum Gasteiger partial charge on any atom is 0.135 e. The second-order valence-electron chi connectivity index (χ2n) is 7.50. The third-order valence-corrected chi connectivity index (χ3v) is 5.11. The number of β-amino-alcohol motifs (C(OH)–C–C–N with tert-alkyl or cyclic N) is 1. The number of aliphatic hydroxyl groups is 1. The molecule has 1 aromatic carbocycles. The number of para-hydroxylation sites is 1. The predicted octanol–water partition coefficient (Wildman–Crippen LogP) is 1.93. The molecule has 1 aliphatic carbocycles. The molecule has 1 aromatic heterocycles. The van der Waals surface area contributed by atoms with Crippen molar-refractivity contribution in [3.63, 3.8) is 0 Å². The number of likely N-dealkylation sites (tertiary alicyclic amines) is 1. The first-order valence-corrected chi connectivity index (χ1v) is 9.13. The highest BCUT2D eigenvalue weighted by Crippen LogP contribution is 2.31. The summed E-state index contributed by atoms with van der Waals surface area (Å²) in [6.45, 7) is 2.46. The molecule has 1 N–H and O–H groups in total. The quantitative estimate of drug-likeness (QED) is 0.869. The number of aromatic nitrogens is 3. The molecule has 2 fully saturated rings. The van der Waals surface area contributed by atoms with E-state index in [9.17, 15) is 5.11 Å². The fourth-order valence-electron chi connectivity index (χ4n) is 3.60. The van der Waals surface area contributed by atoms with E-state index in [1.807, 2.05) is 17.7 Å². The van der Waals surface area contributed by atoms with E-state index in [-0.39, 0.29) is 0 Å². The number of aryl methyl sites for hydroxylation is 1. The smallest absolute Gasteiger partial charge is 0.135 e. The van der Waals surface area contributed by atoms with Crippen LogP contribution in [0.3, 0.4) is 0 Å². The molecular formula is C19H26N4O2. The van der Waals surface area contributed by atoms with Crippen molar-refractivity contribution < 1.29 is 9.84 Å². The van der Waals surface area contributed by atoms with Gasteiger partial charge in [-0.15, -0.1) is 10.2 Å².